The molecular weight excluding hydrogens is 949 g/mol. The summed E-state index contributed by atoms with van der Waals surface area (Å²) >= 11 is 0. The zero-order valence-corrected chi connectivity index (χ0v) is 51.5. The summed E-state index contributed by atoms with van der Waals surface area (Å²) in [6.07, 6.45) is 84.2. The molecule has 0 amide bonds. The van der Waals surface area contributed by atoms with Gasteiger partial charge >= 0.3 is 17.9 Å². The summed E-state index contributed by atoms with van der Waals surface area (Å²) in [6.45, 7) is 6.59. The second-order valence-electron chi connectivity index (χ2n) is 22.7. The Balaban J connectivity index is 4.01. The van der Waals surface area contributed by atoms with Gasteiger partial charge in [0.2, 0.25) is 0 Å². The van der Waals surface area contributed by atoms with Crippen LogP contribution in [-0.2, 0) is 28.6 Å². The molecule has 6 nitrogen and oxygen atoms in total. The van der Waals surface area contributed by atoms with E-state index in [1.807, 2.05) is 0 Å². The zero-order chi connectivity index (χ0) is 55.7. The highest BCUT2D eigenvalue weighted by Gasteiger charge is 2.19. The molecule has 0 aromatic rings. The van der Waals surface area contributed by atoms with Crippen LogP contribution in [0.4, 0.5) is 0 Å². The van der Waals surface area contributed by atoms with Crippen LogP contribution < -0.4 is 0 Å². The van der Waals surface area contributed by atoms with Crippen molar-refractivity contribution in [3.8, 4) is 0 Å². The van der Waals surface area contributed by atoms with Crippen LogP contribution in [-0.4, -0.2) is 37.2 Å². The number of unbranched alkanes of at least 4 members (excludes halogenated alkanes) is 41. The van der Waals surface area contributed by atoms with Crippen LogP contribution in [0.3, 0.4) is 0 Å². The first-order valence-electron chi connectivity index (χ1n) is 33.8. The normalized spacial score (nSPS) is 12.4. The van der Waals surface area contributed by atoms with Gasteiger partial charge in [0, 0.05) is 19.3 Å². The van der Waals surface area contributed by atoms with Gasteiger partial charge in [-0.3, -0.25) is 14.4 Å². The fourth-order valence-corrected chi connectivity index (χ4v) is 9.89. The minimum atomic E-state index is -0.777. The van der Waals surface area contributed by atoms with Crippen LogP contribution in [0.25, 0.3) is 0 Å². The van der Waals surface area contributed by atoms with E-state index in [0.29, 0.717) is 19.3 Å². The molecule has 77 heavy (non-hydrogen) atoms. The standard InChI is InChI=1S/C71H128O6/c1-4-7-10-13-16-18-20-22-24-26-28-29-30-31-32-33-34-35-36-37-38-39-40-41-43-44-46-48-50-52-55-58-61-64-70(73)76-67-68(66-75-69(72)63-60-57-54-15-12-9-6-3)77-71(74)65-62-59-56-53-51-49-47-45-42-27-25-23-21-19-17-14-11-8-5-2/h17,19-20,22-23,25-26,28,42,45,68H,4-16,18,21,24,27,29-41,43-44,46-67H2,1-3H3/b19-17-,22-20-,25-23-,28-26-,45-42-. The van der Waals surface area contributed by atoms with Crippen molar-refractivity contribution in [1.29, 1.82) is 0 Å². The molecule has 0 saturated carbocycles. The van der Waals surface area contributed by atoms with E-state index >= 15 is 0 Å². The minimum Gasteiger partial charge on any atom is -0.462 e. The first-order valence-corrected chi connectivity index (χ1v) is 33.8. The van der Waals surface area contributed by atoms with Crippen LogP contribution in [0.15, 0.2) is 60.8 Å². The van der Waals surface area contributed by atoms with E-state index in [4.69, 9.17) is 14.2 Å². The van der Waals surface area contributed by atoms with Gasteiger partial charge in [-0.05, 0) is 89.9 Å². The Labute approximate surface area is 479 Å². The molecule has 0 bridgehead atoms. The molecule has 1 atom stereocenters. The summed E-state index contributed by atoms with van der Waals surface area (Å²) in [5.74, 6) is -0.878. The summed E-state index contributed by atoms with van der Waals surface area (Å²) in [6, 6.07) is 0. The quantitative estimate of drug-likeness (QED) is 0.0261. The van der Waals surface area contributed by atoms with Gasteiger partial charge in [-0.2, -0.15) is 0 Å². The molecule has 0 aliphatic carbocycles. The lowest BCUT2D eigenvalue weighted by atomic mass is 10.0. The van der Waals surface area contributed by atoms with Gasteiger partial charge in [-0.1, -0.05) is 306 Å². The third-order valence-electron chi connectivity index (χ3n) is 15.0. The largest absolute Gasteiger partial charge is 0.462 e. The summed E-state index contributed by atoms with van der Waals surface area (Å²) < 4.78 is 16.8. The Hall–Kier alpha value is -2.89. The predicted octanol–water partition coefficient (Wildman–Crippen LogP) is 23.1. The van der Waals surface area contributed by atoms with Crippen LogP contribution in [0.1, 0.15) is 355 Å². The van der Waals surface area contributed by atoms with Crippen molar-refractivity contribution in [3.05, 3.63) is 60.8 Å². The molecule has 0 aromatic heterocycles. The van der Waals surface area contributed by atoms with Crippen molar-refractivity contribution < 1.29 is 28.6 Å². The van der Waals surface area contributed by atoms with Crippen LogP contribution in [0, 0.1) is 0 Å². The Kier molecular flexibility index (Phi) is 63.2. The highest BCUT2D eigenvalue weighted by atomic mass is 16.6. The summed E-state index contributed by atoms with van der Waals surface area (Å²) in [7, 11) is 0. The molecule has 0 rings (SSSR count). The number of carbonyl (C=O) groups excluding carboxylic acids is 3. The smallest absolute Gasteiger partial charge is 0.306 e. The van der Waals surface area contributed by atoms with Crippen molar-refractivity contribution in [2.45, 2.75) is 361 Å². The van der Waals surface area contributed by atoms with Crippen LogP contribution >= 0.6 is 0 Å². The van der Waals surface area contributed by atoms with Gasteiger partial charge in [0.15, 0.2) is 6.10 Å². The summed E-state index contributed by atoms with van der Waals surface area (Å²) in [5, 5.41) is 0. The second kappa shape index (κ2) is 65.6. The van der Waals surface area contributed by atoms with Gasteiger partial charge in [-0.25, -0.2) is 0 Å². The number of ether oxygens (including phenoxy) is 3. The second-order valence-corrected chi connectivity index (χ2v) is 22.7. The fourth-order valence-electron chi connectivity index (χ4n) is 9.89. The van der Waals surface area contributed by atoms with E-state index in [-0.39, 0.29) is 31.1 Å². The van der Waals surface area contributed by atoms with Gasteiger partial charge in [0.25, 0.3) is 0 Å². The average molecular weight is 1080 g/mol. The number of allylic oxidation sites excluding steroid dienone is 10. The van der Waals surface area contributed by atoms with Gasteiger partial charge < -0.3 is 14.2 Å². The van der Waals surface area contributed by atoms with E-state index in [2.05, 4.69) is 81.5 Å². The number of hydrogen-bond donors (Lipinski definition) is 0. The molecule has 0 aliphatic heterocycles. The molecular formula is C71H128O6. The first kappa shape index (κ1) is 74.1. The lowest BCUT2D eigenvalue weighted by molar-refractivity contribution is -0.167. The SMILES string of the molecule is CCCCC/C=C\C/C=C\C/C=C\CCCCCCCCC(=O)OC(COC(=O)CCCCCCCCC)COC(=O)CCCCCCCCCCCCCCCCCCCCCCC/C=C\C/C=C\CCCCCCC. The van der Waals surface area contributed by atoms with E-state index in [0.717, 1.165) is 83.5 Å². The average Bonchev–Trinajstić information content (AvgIpc) is 3.43. The maximum Gasteiger partial charge on any atom is 0.306 e. The van der Waals surface area contributed by atoms with Gasteiger partial charge in [-0.15, -0.1) is 0 Å². The fraction of sp³-hybridized carbons (Fsp3) is 0.817. The molecule has 0 spiro atoms. The maximum atomic E-state index is 12.8. The lowest BCUT2D eigenvalue weighted by Gasteiger charge is -2.18. The van der Waals surface area contributed by atoms with E-state index in [9.17, 15) is 14.4 Å². The van der Waals surface area contributed by atoms with Crippen LogP contribution in [0.5, 0.6) is 0 Å². The molecule has 0 aromatic carbocycles. The molecule has 448 valence electrons. The maximum absolute atomic E-state index is 12.8. The van der Waals surface area contributed by atoms with Gasteiger partial charge in [0.05, 0.1) is 0 Å². The molecule has 0 radical (unpaired) electrons. The van der Waals surface area contributed by atoms with Crippen molar-refractivity contribution in [3.63, 3.8) is 0 Å². The Morgan fingerprint density at radius 3 is 0.753 bits per heavy atom. The summed E-state index contributed by atoms with van der Waals surface area (Å²) in [5.41, 5.74) is 0. The Morgan fingerprint density at radius 1 is 0.260 bits per heavy atom. The zero-order valence-electron chi connectivity index (χ0n) is 51.5. The topological polar surface area (TPSA) is 78.9 Å². The Morgan fingerprint density at radius 2 is 0.468 bits per heavy atom. The van der Waals surface area contributed by atoms with Crippen molar-refractivity contribution in [1.82, 2.24) is 0 Å². The van der Waals surface area contributed by atoms with Gasteiger partial charge in [0.1, 0.15) is 13.2 Å². The molecule has 1 unspecified atom stereocenters. The minimum absolute atomic E-state index is 0.0756. The lowest BCUT2D eigenvalue weighted by Crippen LogP contribution is -2.30. The van der Waals surface area contributed by atoms with E-state index in [1.54, 1.807) is 0 Å². The highest BCUT2D eigenvalue weighted by molar-refractivity contribution is 5.71. The Bertz CT molecular complexity index is 1380. The molecule has 0 aliphatic rings. The van der Waals surface area contributed by atoms with E-state index < -0.39 is 6.10 Å². The van der Waals surface area contributed by atoms with Crippen molar-refractivity contribution in [2.24, 2.45) is 0 Å². The van der Waals surface area contributed by atoms with Crippen LogP contribution in [0.2, 0.25) is 0 Å². The number of esters is 3. The highest BCUT2D eigenvalue weighted by Crippen LogP contribution is 2.17. The van der Waals surface area contributed by atoms with Crippen molar-refractivity contribution in [2.75, 3.05) is 13.2 Å². The number of rotatable bonds is 62. The van der Waals surface area contributed by atoms with Crippen molar-refractivity contribution >= 4 is 17.9 Å². The first-order chi connectivity index (χ1) is 38.0. The molecule has 6 heteroatoms. The summed E-state index contributed by atoms with van der Waals surface area (Å²) in [4.78, 5) is 38.1. The van der Waals surface area contributed by atoms with E-state index in [1.165, 1.54) is 231 Å². The predicted molar refractivity (Wildman–Crippen MR) is 335 cm³/mol. The molecule has 0 heterocycles. The third kappa shape index (κ3) is 63.8. The molecule has 0 fully saturated rings. The third-order valence-corrected chi connectivity index (χ3v) is 15.0. The number of carbonyl (C=O) groups is 3. The monoisotopic (exact) mass is 1080 g/mol. The molecule has 0 saturated heterocycles. The molecule has 0 N–H and O–H groups in total. The number of hydrogen-bond acceptors (Lipinski definition) is 6.